The summed E-state index contributed by atoms with van der Waals surface area (Å²) in [7, 11) is -3.50. The van der Waals surface area contributed by atoms with Gasteiger partial charge >= 0.3 is 0 Å². The second-order valence-electron chi connectivity index (χ2n) is 10.5. The average molecular weight is 521 g/mol. The fraction of sp³-hybridized carbons (Fsp3) is 1.00. The summed E-state index contributed by atoms with van der Waals surface area (Å²) >= 11 is 1.43. The molecule has 0 radical (unpaired) electrons. The Morgan fingerprint density at radius 2 is 2.03 bits per heavy atom. The van der Waals surface area contributed by atoms with Gasteiger partial charge < -0.3 is 20.9 Å². The van der Waals surface area contributed by atoms with Crippen LogP contribution in [0, 0.1) is 5.92 Å². The number of rotatable bonds is 8. The molecule has 10 atom stereocenters. The molecule has 0 amide bonds. The maximum atomic E-state index is 11.6. The van der Waals surface area contributed by atoms with Crippen molar-refractivity contribution in [2.75, 3.05) is 26.4 Å². The van der Waals surface area contributed by atoms with Crippen LogP contribution in [0.1, 0.15) is 38.5 Å². The quantitative estimate of drug-likeness (QED) is 0.158. The number of aliphatic hydroxyl groups is 1. The number of hydrogen-bond acceptors (Lipinski definition) is 12. The van der Waals surface area contributed by atoms with E-state index in [0.29, 0.717) is 44.2 Å². The number of hydrogen-bond donors (Lipinski definition) is 9. The Morgan fingerprint density at radius 3 is 2.79 bits per heavy atom. The van der Waals surface area contributed by atoms with Crippen molar-refractivity contribution >= 4 is 21.8 Å². The first kappa shape index (κ1) is 25.5. The summed E-state index contributed by atoms with van der Waals surface area (Å²) in [5, 5.41) is 37.6. The SMILES string of the molecule is NC[C@@H]1C[C@@H]2C[C@](O)(COC3NC(NCC4CCC(S(N)(=O)=O)S4)NC4NCNC43)CC[C@H]2N1. The summed E-state index contributed by atoms with van der Waals surface area (Å²) in [6.07, 6.45) is 4.34. The summed E-state index contributed by atoms with van der Waals surface area (Å²) < 4.78 is 29.0. The van der Waals surface area contributed by atoms with E-state index in [1.165, 1.54) is 11.8 Å². The zero-order valence-electron chi connectivity index (χ0n) is 19.4. The van der Waals surface area contributed by atoms with Crippen molar-refractivity contribution in [3.8, 4) is 0 Å². The first-order chi connectivity index (χ1) is 16.2. The lowest BCUT2D eigenvalue weighted by Gasteiger charge is -2.43. The molecule has 1 aliphatic carbocycles. The lowest BCUT2D eigenvalue weighted by atomic mass is 9.75. The van der Waals surface area contributed by atoms with Crippen molar-refractivity contribution in [3.63, 3.8) is 0 Å². The molecule has 4 heterocycles. The maximum absolute atomic E-state index is 11.6. The third-order valence-corrected chi connectivity index (χ3v) is 11.4. The fourth-order valence-corrected chi connectivity index (χ4v) is 8.91. The summed E-state index contributed by atoms with van der Waals surface area (Å²) in [5.74, 6) is 0.440. The van der Waals surface area contributed by atoms with Crippen LogP contribution in [-0.2, 0) is 14.8 Å². The van der Waals surface area contributed by atoms with Crippen LogP contribution in [0.2, 0.25) is 0 Å². The van der Waals surface area contributed by atoms with Gasteiger partial charge in [0.2, 0.25) is 10.0 Å². The first-order valence-electron chi connectivity index (χ1n) is 12.4. The zero-order valence-corrected chi connectivity index (χ0v) is 21.0. The number of nitrogens with two attached hydrogens (primary N) is 2. The number of primary sulfonamides is 1. The maximum Gasteiger partial charge on any atom is 0.221 e. The van der Waals surface area contributed by atoms with E-state index in [2.05, 4.69) is 31.9 Å². The Hall–Kier alpha value is -0.100. The van der Waals surface area contributed by atoms with E-state index < -0.39 is 20.2 Å². The van der Waals surface area contributed by atoms with Crippen molar-refractivity contribution in [3.05, 3.63) is 0 Å². The number of fused-ring (bicyclic) bond motifs is 2. The minimum atomic E-state index is -3.50. The Kier molecular flexibility index (Phi) is 7.77. The van der Waals surface area contributed by atoms with Crippen LogP contribution >= 0.6 is 11.8 Å². The third-order valence-electron chi connectivity index (χ3n) is 7.99. The molecule has 5 fully saturated rings. The topological polar surface area (TPSA) is 188 Å². The normalized spacial score (nSPS) is 47.0. The molecule has 5 rings (SSSR count). The lowest BCUT2D eigenvalue weighted by molar-refractivity contribution is -0.126. The molecule has 0 aromatic carbocycles. The molecule has 6 unspecified atom stereocenters. The summed E-state index contributed by atoms with van der Waals surface area (Å²) in [6, 6.07) is 0.830. The molecule has 1 saturated carbocycles. The third kappa shape index (κ3) is 5.73. The van der Waals surface area contributed by atoms with Crippen LogP contribution in [-0.4, -0.2) is 92.1 Å². The van der Waals surface area contributed by atoms with Gasteiger partial charge in [0, 0.05) is 37.1 Å². The molecule has 5 aliphatic rings. The standard InChI is InChI=1S/C20H40N8O4S2/c21-7-12-5-11-6-20(29,4-3-14(11)26-12)9-32-18-16-17(25-10-24-16)27-19(28-18)23-8-13-1-2-15(33-13)34(22,30)31/h11-19,23-29H,1-10,21H2,(H2,22,30,31)/t11-,12+,13?,14-,15?,16?,17?,18?,19?,20+/m1/s1. The molecule has 4 saturated heterocycles. The largest absolute Gasteiger partial charge is 0.387 e. The van der Waals surface area contributed by atoms with Crippen LogP contribution in [0.15, 0.2) is 0 Å². The number of sulfonamides is 1. The molecule has 11 N–H and O–H groups in total. The van der Waals surface area contributed by atoms with Gasteiger partial charge in [0.15, 0.2) is 0 Å². The number of thioether (sulfide) groups is 1. The van der Waals surface area contributed by atoms with Crippen molar-refractivity contribution in [2.45, 2.75) is 90.8 Å². The summed E-state index contributed by atoms with van der Waals surface area (Å²) in [5.41, 5.74) is 5.02. The predicted octanol–water partition coefficient (Wildman–Crippen LogP) is -3.03. The van der Waals surface area contributed by atoms with Gasteiger partial charge in [-0.2, -0.15) is 0 Å². The molecule has 14 heteroatoms. The monoisotopic (exact) mass is 520 g/mol. The van der Waals surface area contributed by atoms with E-state index in [1.54, 1.807) is 0 Å². The van der Waals surface area contributed by atoms with Crippen molar-refractivity contribution < 1.29 is 18.3 Å². The Bertz CT molecular complexity index is 824. The van der Waals surface area contributed by atoms with Crippen LogP contribution in [0.3, 0.4) is 0 Å². The molecule has 0 spiro atoms. The Balaban J connectivity index is 1.13. The second kappa shape index (κ2) is 10.3. The van der Waals surface area contributed by atoms with Gasteiger partial charge in [-0.05, 0) is 44.4 Å². The van der Waals surface area contributed by atoms with Gasteiger partial charge in [-0.3, -0.25) is 26.6 Å². The number of ether oxygens (including phenoxy) is 1. The second-order valence-corrected chi connectivity index (χ2v) is 14.1. The molecular formula is C20H40N8O4S2. The van der Waals surface area contributed by atoms with Gasteiger partial charge in [-0.25, -0.2) is 13.6 Å². The smallest absolute Gasteiger partial charge is 0.221 e. The van der Waals surface area contributed by atoms with Gasteiger partial charge in [0.1, 0.15) is 17.1 Å². The molecule has 0 aromatic rings. The molecule has 196 valence electrons. The van der Waals surface area contributed by atoms with E-state index in [9.17, 15) is 13.5 Å². The summed E-state index contributed by atoms with van der Waals surface area (Å²) in [6.45, 7) is 2.25. The predicted molar refractivity (Wildman–Crippen MR) is 131 cm³/mol. The van der Waals surface area contributed by atoms with E-state index in [0.717, 1.165) is 32.1 Å². The first-order valence-corrected chi connectivity index (χ1v) is 15.0. The molecular weight excluding hydrogens is 480 g/mol. The zero-order chi connectivity index (χ0) is 23.9. The highest BCUT2D eigenvalue weighted by molar-refractivity contribution is 8.13. The van der Waals surface area contributed by atoms with Crippen LogP contribution < -0.4 is 42.8 Å². The van der Waals surface area contributed by atoms with Crippen LogP contribution in [0.5, 0.6) is 0 Å². The molecule has 12 nitrogen and oxygen atoms in total. The Morgan fingerprint density at radius 1 is 1.18 bits per heavy atom. The van der Waals surface area contributed by atoms with Crippen LogP contribution in [0.4, 0.5) is 0 Å². The molecule has 0 bridgehead atoms. The van der Waals surface area contributed by atoms with Crippen LogP contribution in [0.25, 0.3) is 0 Å². The van der Waals surface area contributed by atoms with Crippen molar-refractivity contribution in [1.82, 2.24) is 31.9 Å². The van der Waals surface area contributed by atoms with E-state index >= 15 is 0 Å². The van der Waals surface area contributed by atoms with Gasteiger partial charge in [-0.15, -0.1) is 11.8 Å². The summed E-state index contributed by atoms with van der Waals surface area (Å²) in [4.78, 5) is 0. The van der Waals surface area contributed by atoms with E-state index in [-0.39, 0.29) is 36.6 Å². The van der Waals surface area contributed by atoms with Gasteiger partial charge in [-0.1, -0.05) is 0 Å². The highest BCUT2D eigenvalue weighted by atomic mass is 32.3. The number of nitrogens with one attached hydrogen (secondary N) is 6. The van der Waals surface area contributed by atoms with E-state index in [4.69, 9.17) is 15.6 Å². The van der Waals surface area contributed by atoms with Crippen molar-refractivity contribution in [2.24, 2.45) is 16.8 Å². The van der Waals surface area contributed by atoms with Gasteiger partial charge in [0.25, 0.3) is 0 Å². The Labute approximate surface area is 205 Å². The van der Waals surface area contributed by atoms with E-state index in [1.807, 2.05) is 0 Å². The average Bonchev–Trinajstić information content (AvgIpc) is 3.54. The molecule has 0 aromatic heterocycles. The fourth-order valence-electron chi connectivity index (χ4n) is 6.19. The van der Waals surface area contributed by atoms with Gasteiger partial charge in [0.05, 0.1) is 24.4 Å². The molecule has 34 heavy (non-hydrogen) atoms. The highest BCUT2D eigenvalue weighted by Gasteiger charge is 2.46. The minimum Gasteiger partial charge on any atom is -0.387 e. The highest BCUT2D eigenvalue weighted by Crippen LogP contribution is 2.39. The minimum absolute atomic E-state index is 0.0203. The van der Waals surface area contributed by atoms with Crippen molar-refractivity contribution in [1.29, 1.82) is 0 Å². The lowest BCUT2D eigenvalue weighted by Crippen LogP contribution is -2.73. The molecule has 4 aliphatic heterocycles.